The highest BCUT2D eigenvalue weighted by Crippen LogP contribution is 2.18. The van der Waals surface area contributed by atoms with Gasteiger partial charge in [0.2, 0.25) is 0 Å². The Bertz CT molecular complexity index is 293. The third-order valence-electron chi connectivity index (χ3n) is 2.49. The van der Waals surface area contributed by atoms with Gasteiger partial charge in [-0.3, -0.25) is 0 Å². The number of ether oxygens (including phenoxy) is 1. The van der Waals surface area contributed by atoms with Crippen molar-refractivity contribution < 1.29 is 9.84 Å². The number of aliphatic hydroxyl groups is 1. The van der Waals surface area contributed by atoms with Crippen LogP contribution in [0.25, 0.3) is 0 Å². The van der Waals surface area contributed by atoms with Crippen molar-refractivity contribution in [1.82, 2.24) is 5.32 Å². The van der Waals surface area contributed by atoms with Crippen molar-refractivity contribution in [3.8, 4) is 5.75 Å². The van der Waals surface area contributed by atoms with Gasteiger partial charge >= 0.3 is 0 Å². The minimum atomic E-state index is 0.0868. The number of nitrogens with one attached hydrogen (secondary N) is 1. The summed E-state index contributed by atoms with van der Waals surface area (Å²) in [6, 6.07) is 8.28. The Kier molecular flexibility index (Phi) is 3.59. The first-order chi connectivity index (χ1) is 7.38. The van der Waals surface area contributed by atoms with E-state index in [0.717, 1.165) is 23.9 Å². The van der Waals surface area contributed by atoms with Crippen LogP contribution in [0.3, 0.4) is 0 Å². The van der Waals surface area contributed by atoms with E-state index in [9.17, 15) is 0 Å². The summed E-state index contributed by atoms with van der Waals surface area (Å²) in [4.78, 5) is 0. The van der Waals surface area contributed by atoms with Crippen molar-refractivity contribution in [2.45, 2.75) is 25.5 Å². The Morgan fingerprint density at radius 1 is 1.27 bits per heavy atom. The van der Waals surface area contributed by atoms with Crippen molar-refractivity contribution in [3.63, 3.8) is 0 Å². The normalized spacial score (nSPS) is 15.3. The van der Waals surface area contributed by atoms with E-state index in [4.69, 9.17) is 9.84 Å². The van der Waals surface area contributed by atoms with E-state index in [-0.39, 0.29) is 6.61 Å². The third-order valence-corrected chi connectivity index (χ3v) is 2.49. The summed E-state index contributed by atoms with van der Waals surface area (Å²) in [5.74, 6) is 0.866. The molecule has 1 saturated carbocycles. The Balaban J connectivity index is 1.67. The van der Waals surface area contributed by atoms with Gasteiger partial charge in [0, 0.05) is 12.6 Å². The van der Waals surface area contributed by atoms with Crippen LogP contribution >= 0.6 is 0 Å². The standard InChI is InChI=1S/C12H17NO2/c14-9-10-1-5-12(6-2-10)15-8-7-13-11-3-4-11/h1-2,5-6,11,13-14H,3-4,7-9H2. The first kappa shape index (κ1) is 10.5. The van der Waals surface area contributed by atoms with E-state index >= 15 is 0 Å². The second-order valence-corrected chi connectivity index (χ2v) is 3.88. The van der Waals surface area contributed by atoms with E-state index in [2.05, 4.69) is 5.32 Å². The van der Waals surface area contributed by atoms with Crippen LogP contribution < -0.4 is 10.1 Å². The molecule has 0 amide bonds. The molecular weight excluding hydrogens is 190 g/mol. The van der Waals surface area contributed by atoms with Gasteiger partial charge in [0.05, 0.1) is 6.61 Å². The molecule has 15 heavy (non-hydrogen) atoms. The molecule has 82 valence electrons. The molecule has 0 bridgehead atoms. The van der Waals surface area contributed by atoms with Crippen LogP contribution in [-0.4, -0.2) is 24.3 Å². The van der Waals surface area contributed by atoms with Gasteiger partial charge in [0.15, 0.2) is 0 Å². The lowest BCUT2D eigenvalue weighted by Crippen LogP contribution is -2.22. The quantitative estimate of drug-likeness (QED) is 0.691. The second-order valence-electron chi connectivity index (χ2n) is 3.88. The number of aliphatic hydroxyl groups excluding tert-OH is 1. The predicted molar refractivity (Wildman–Crippen MR) is 58.9 cm³/mol. The molecule has 1 aromatic rings. The molecule has 0 heterocycles. The van der Waals surface area contributed by atoms with Crippen LogP contribution in [0.4, 0.5) is 0 Å². The Morgan fingerprint density at radius 2 is 2.00 bits per heavy atom. The fraction of sp³-hybridized carbons (Fsp3) is 0.500. The van der Waals surface area contributed by atoms with Crippen LogP contribution in [0.1, 0.15) is 18.4 Å². The lowest BCUT2D eigenvalue weighted by Gasteiger charge is -2.07. The monoisotopic (exact) mass is 207 g/mol. The van der Waals surface area contributed by atoms with E-state index in [0.29, 0.717) is 6.61 Å². The predicted octanol–water partition coefficient (Wildman–Crippen LogP) is 1.31. The zero-order chi connectivity index (χ0) is 10.5. The number of hydrogen-bond donors (Lipinski definition) is 2. The largest absolute Gasteiger partial charge is 0.492 e. The Morgan fingerprint density at radius 3 is 2.60 bits per heavy atom. The van der Waals surface area contributed by atoms with E-state index < -0.39 is 0 Å². The fourth-order valence-corrected chi connectivity index (χ4v) is 1.41. The van der Waals surface area contributed by atoms with Gasteiger partial charge in [-0.25, -0.2) is 0 Å². The van der Waals surface area contributed by atoms with Crippen molar-refractivity contribution in [1.29, 1.82) is 0 Å². The number of benzene rings is 1. The molecule has 2 rings (SSSR count). The van der Waals surface area contributed by atoms with Gasteiger partial charge in [-0.15, -0.1) is 0 Å². The summed E-state index contributed by atoms with van der Waals surface area (Å²) in [7, 11) is 0. The van der Waals surface area contributed by atoms with Crippen molar-refractivity contribution >= 4 is 0 Å². The zero-order valence-electron chi connectivity index (χ0n) is 8.78. The Hall–Kier alpha value is -1.06. The summed E-state index contributed by atoms with van der Waals surface area (Å²) in [6.07, 6.45) is 2.62. The van der Waals surface area contributed by atoms with Crippen molar-refractivity contribution in [2.24, 2.45) is 0 Å². The van der Waals surface area contributed by atoms with Crippen LogP contribution in [-0.2, 0) is 6.61 Å². The highest BCUT2D eigenvalue weighted by atomic mass is 16.5. The van der Waals surface area contributed by atoms with E-state index in [1.54, 1.807) is 0 Å². The molecule has 0 atom stereocenters. The van der Waals surface area contributed by atoms with Gasteiger partial charge in [0.25, 0.3) is 0 Å². The zero-order valence-corrected chi connectivity index (χ0v) is 8.78. The minimum absolute atomic E-state index is 0.0868. The summed E-state index contributed by atoms with van der Waals surface area (Å²) in [5, 5.41) is 12.2. The first-order valence-electron chi connectivity index (χ1n) is 5.44. The molecule has 0 saturated heterocycles. The van der Waals surface area contributed by atoms with Gasteiger partial charge in [-0.05, 0) is 30.5 Å². The Labute approximate surface area is 90.1 Å². The molecule has 3 nitrogen and oxygen atoms in total. The smallest absolute Gasteiger partial charge is 0.119 e. The highest BCUT2D eigenvalue weighted by molar-refractivity contribution is 5.26. The van der Waals surface area contributed by atoms with E-state index in [1.165, 1.54) is 12.8 Å². The average molecular weight is 207 g/mol. The summed E-state index contributed by atoms with van der Waals surface area (Å²) in [5.41, 5.74) is 0.915. The van der Waals surface area contributed by atoms with Crippen molar-refractivity contribution in [3.05, 3.63) is 29.8 Å². The van der Waals surface area contributed by atoms with Gasteiger partial charge < -0.3 is 15.2 Å². The molecule has 1 aliphatic rings. The van der Waals surface area contributed by atoms with Crippen molar-refractivity contribution in [2.75, 3.05) is 13.2 Å². The van der Waals surface area contributed by atoms with Gasteiger partial charge in [-0.2, -0.15) is 0 Å². The molecule has 1 aromatic carbocycles. The van der Waals surface area contributed by atoms with Crippen LogP contribution in [0, 0.1) is 0 Å². The first-order valence-corrected chi connectivity index (χ1v) is 5.44. The molecule has 0 spiro atoms. The second kappa shape index (κ2) is 5.14. The molecule has 1 aliphatic carbocycles. The summed E-state index contributed by atoms with van der Waals surface area (Å²) in [6.45, 7) is 1.70. The highest BCUT2D eigenvalue weighted by Gasteiger charge is 2.19. The molecule has 0 radical (unpaired) electrons. The summed E-state index contributed by atoms with van der Waals surface area (Å²) < 4.78 is 5.54. The molecule has 0 aromatic heterocycles. The maximum absolute atomic E-state index is 8.86. The molecular formula is C12H17NO2. The molecule has 0 unspecified atom stereocenters. The molecule has 0 aliphatic heterocycles. The van der Waals surface area contributed by atoms with Crippen LogP contribution in [0.2, 0.25) is 0 Å². The third kappa shape index (κ3) is 3.53. The van der Waals surface area contributed by atoms with Crippen LogP contribution in [0.15, 0.2) is 24.3 Å². The van der Waals surface area contributed by atoms with E-state index in [1.807, 2.05) is 24.3 Å². The maximum Gasteiger partial charge on any atom is 0.119 e. The number of hydrogen-bond acceptors (Lipinski definition) is 3. The molecule has 1 fully saturated rings. The molecule has 3 heteroatoms. The topological polar surface area (TPSA) is 41.5 Å². The lowest BCUT2D eigenvalue weighted by molar-refractivity contribution is 0.281. The summed E-state index contributed by atoms with van der Waals surface area (Å²) >= 11 is 0. The van der Waals surface area contributed by atoms with Gasteiger partial charge in [0.1, 0.15) is 12.4 Å². The van der Waals surface area contributed by atoms with Gasteiger partial charge in [-0.1, -0.05) is 12.1 Å². The van der Waals surface area contributed by atoms with Crippen LogP contribution in [0.5, 0.6) is 5.75 Å². The minimum Gasteiger partial charge on any atom is -0.492 e. The number of rotatable bonds is 6. The lowest BCUT2D eigenvalue weighted by atomic mass is 10.2. The average Bonchev–Trinajstić information content (AvgIpc) is 3.09. The SMILES string of the molecule is OCc1ccc(OCCNC2CC2)cc1. The molecule has 2 N–H and O–H groups in total. The fourth-order valence-electron chi connectivity index (χ4n) is 1.41. The maximum atomic E-state index is 8.86.